The summed E-state index contributed by atoms with van der Waals surface area (Å²) in [6.07, 6.45) is -5.53. The van der Waals surface area contributed by atoms with Crippen LogP contribution < -0.4 is 4.74 Å². The fraction of sp³-hybridized carbons (Fsp3) is 0.368. The number of halogens is 18. The van der Waals surface area contributed by atoms with Crippen LogP contribution in [0.4, 0.5) is 69.6 Å². The minimum atomic E-state index is -11.2. The van der Waals surface area contributed by atoms with Gasteiger partial charge < -0.3 is 4.74 Å². The molecule has 0 amide bonds. The molecule has 1 heterocycles. The number of alkyl halides is 12. The van der Waals surface area contributed by atoms with Gasteiger partial charge in [-0.05, 0) is 24.3 Å². The van der Waals surface area contributed by atoms with Gasteiger partial charge in [-0.2, -0.15) is 43.9 Å². The van der Waals surface area contributed by atoms with E-state index in [1.165, 1.54) is 36.4 Å². The van der Waals surface area contributed by atoms with Gasteiger partial charge >= 0.3 is 72.4 Å². The summed E-state index contributed by atoms with van der Waals surface area (Å²) in [5.74, 6) is -37.7. The van der Waals surface area contributed by atoms with E-state index < -0.39 is 72.2 Å². The van der Waals surface area contributed by atoms with Gasteiger partial charge in [0.2, 0.25) is 9.79 Å². The van der Waals surface area contributed by atoms with E-state index in [1.807, 2.05) is 0 Å². The predicted molar refractivity (Wildman–Crippen MR) is 105 cm³/mol. The van der Waals surface area contributed by atoms with Crippen molar-refractivity contribution in [1.82, 2.24) is 0 Å². The van der Waals surface area contributed by atoms with Crippen molar-refractivity contribution in [2.24, 2.45) is 0 Å². The van der Waals surface area contributed by atoms with Gasteiger partial charge in [-0.25, -0.2) is 8.78 Å². The van der Waals surface area contributed by atoms with Gasteiger partial charge in [-0.15, -0.1) is 0 Å². The predicted octanol–water partition coefficient (Wildman–Crippen LogP) is 9.41. The summed E-state index contributed by atoms with van der Waals surface area (Å²) in [6, 6.07) is 10.1. The third-order valence-electron chi connectivity index (χ3n) is 4.72. The Labute approximate surface area is 216 Å². The average molecular weight is 751 g/mol. The second kappa shape index (κ2) is 9.59. The van der Waals surface area contributed by atoms with Crippen molar-refractivity contribution in [3.8, 4) is 11.5 Å². The summed E-state index contributed by atoms with van der Waals surface area (Å²) in [7, 11) is -2.17. The van der Waals surface area contributed by atoms with E-state index in [0.29, 0.717) is 0 Å². The van der Waals surface area contributed by atoms with Gasteiger partial charge in [-0.1, -0.05) is 24.3 Å². The van der Waals surface area contributed by atoms with E-state index in [0.717, 1.165) is 12.1 Å². The Bertz CT molecular complexity index is 1170. The molecule has 0 saturated heterocycles. The number of para-hydroxylation sites is 2. The third-order valence-corrected chi connectivity index (χ3v) is 7.10. The Morgan fingerprint density at radius 2 is 0.950 bits per heavy atom. The molecule has 1 nitrogen and oxygen atoms in total. The molecule has 0 atom stereocenters. The first kappa shape index (κ1) is 34.3. The maximum atomic E-state index is 14.6. The molecule has 0 saturated carbocycles. The first-order valence-corrected chi connectivity index (χ1v) is 16.9. The Morgan fingerprint density at radius 3 is 1.30 bits per heavy atom. The first-order chi connectivity index (χ1) is 17.4. The van der Waals surface area contributed by atoms with Crippen LogP contribution >= 0.6 is 0 Å². The molecule has 230 valence electrons. The zero-order chi connectivity index (χ0) is 31.4. The summed E-state index contributed by atoms with van der Waals surface area (Å²) in [6.45, 7) is 0. The van der Waals surface area contributed by atoms with Crippen molar-refractivity contribution in [2.75, 3.05) is 5.75 Å². The monoisotopic (exact) mass is 750 g/mol. The van der Waals surface area contributed by atoms with E-state index in [-0.39, 0.29) is 21.3 Å². The van der Waals surface area contributed by atoms with Gasteiger partial charge in [0.05, 0.1) is 10.9 Å². The standard InChI is InChI=1S/C19H11F12OS.6FH.Sb/c20-14(21)16(24,25)18(28,29)19(30,31)17(26,27)15(22,23)9-33-12-7-3-1-5-10(12)32-11-6-2-4-8-13(11)33;;;;;;;/h1-8,14H,9H2;6*1H;/q+1;;;;;;;+5/p-6. The van der Waals surface area contributed by atoms with Crippen LogP contribution in [0.15, 0.2) is 58.3 Å². The fourth-order valence-electron chi connectivity index (χ4n) is 2.91. The summed E-state index contributed by atoms with van der Waals surface area (Å²) in [5.41, 5.74) is 0. The van der Waals surface area contributed by atoms with Crippen molar-refractivity contribution in [3.63, 3.8) is 0 Å². The zero-order valence-corrected chi connectivity index (χ0v) is 21.8. The summed E-state index contributed by atoms with van der Waals surface area (Å²) in [5, 5.41) is 0. The maximum absolute atomic E-state index is 14.6. The first-order valence-electron chi connectivity index (χ1n) is 9.74. The average Bonchev–Trinajstić information content (AvgIpc) is 2.76. The molecule has 2 aromatic rings. The van der Waals surface area contributed by atoms with Crippen LogP contribution in [0.25, 0.3) is 0 Å². The molecule has 2 aromatic carbocycles. The SMILES string of the molecule is FC(F)C(F)(F)C(F)(F)C(F)(F)C(F)(F)C(F)(F)C[S+]1c2ccccc2Oc2ccccc21.[F][Sb-]([F])([F])([F])([F])[F]. The minimum absolute atomic E-state index is 0.111. The van der Waals surface area contributed by atoms with E-state index >= 15 is 0 Å². The molecule has 0 aromatic heterocycles. The molecular weight excluding hydrogens is 740 g/mol. The number of ether oxygens (including phenoxy) is 1. The van der Waals surface area contributed by atoms with Crippen LogP contribution in [0.2, 0.25) is 0 Å². The summed E-state index contributed by atoms with van der Waals surface area (Å²) >= 11 is -11.2. The number of rotatable bonds is 7. The molecule has 0 unspecified atom stereocenters. The molecular formula is C19H11F18OSSb. The molecule has 0 fully saturated rings. The number of hydrogen-bond acceptors (Lipinski definition) is 1. The number of benzene rings is 2. The van der Waals surface area contributed by atoms with Crippen LogP contribution in [0, 0.1) is 0 Å². The molecule has 1 aliphatic heterocycles. The quantitative estimate of drug-likeness (QED) is 0.156. The molecule has 40 heavy (non-hydrogen) atoms. The molecule has 0 radical (unpaired) electrons. The van der Waals surface area contributed by atoms with Crippen LogP contribution in [0.3, 0.4) is 0 Å². The van der Waals surface area contributed by atoms with Gasteiger partial charge in [0.25, 0.3) is 0 Å². The van der Waals surface area contributed by atoms with Gasteiger partial charge in [0, 0.05) is 0 Å². The Kier molecular flexibility index (Phi) is 8.23. The van der Waals surface area contributed by atoms with Crippen LogP contribution in [0.5, 0.6) is 11.5 Å². The Morgan fingerprint density at radius 1 is 0.600 bits per heavy atom. The number of hydrogen-bond donors (Lipinski definition) is 0. The van der Waals surface area contributed by atoms with Crippen molar-refractivity contribution in [1.29, 1.82) is 0 Å². The zero-order valence-electron chi connectivity index (χ0n) is 18.5. The van der Waals surface area contributed by atoms with Crippen molar-refractivity contribution in [3.05, 3.63) is 48.5 Å². The Hall–Kier alpha value is -1.85. The summed E-state index contributed by atoms with van der Waals surface area (Å²) in [4.78, 5) is -0.334. The molecule has 0 N–H and O–H groups in total. The topological polar surface area (TPSA) is 9.23 Å². The molecule has 0 aliphatic carbocycles. The number of fused-ring (bicyclic) bond motifs is 2. The van der Waals surface area contributed by atoms with Gasteiger partial charge in [0.15, 0.2) is 17.3 Å². The van der Waals surface area contributed by atoms with E-state index in [2.05, 4.69) is 0 Å². The third kappa shape index (κ3) is 7.13. The van der Waals surface area contributed by atoms with E-state index in [1.54, 1.807) is 0 Å². The van der Waals surface area contributed by atoms with E-state index in [9.17, 15) is 69.6 Å². The van der Waals surface area contributed by atoms with Crippen LogP contribution in [-0.4, -0.2) is 61.3 Å². The molecule has 1 aliphatic rings. The van der Waals surface area contributed by atoms with Crippen LogP contribution in [-0.2, 0) is 10.9 Å². The van der Waals surface area contributed by atoms with Crippen molar-refractivity contribution >= 4 is 30.4 Å². The fourth-order valence-corrected chi connectivity index (χ4v) is 5.20. The second-order valence-electron chi connectivity index (χ2n) is 7.84. The normalized spacial score (nSPS) is 17.1. The van der Waals surface area contributed by atoms with E-state index in [4.69, 9.17) is 4.74 Å². The van der Waals surface area contributed by atoms with Crippen molar-refractivity contribution in [2.45, 2.75) is 45.8 Å². The van der Waals surface area contributed by atoms with Crippen molar-refractivity contribution < 1.29 is 74.3 Å². The molecule has 3 rings (SSSR count). The Balaban J connectivity index is 0.000000708. The molecule has 0 spiro atoms. The van der Waals surface area contributed by atoms with Gasteiger partial charge in [-0.3, -0.25) is 0 Å². The van der Waals surface area contributed by atoms with Gasteiger partial charge in [0.1, 0.15) is 0 Å². The molecule has 0 bridgehead atoms. The van der Waals surface area contributed by atoms with Crippen LogP contribution in [0.1, 0.15) is 0 Å². The summed E-state index contributed by atoms with van der Waals surface area (Å²) < 4.78 is 228. The second-order valence-corrected chi connectivity index (χ2v) is 15.3. The molecule has 21 heteroatoms.